The first kappa shape index (κ1) is 11.9. The van der Waals surface area contributed by atoms with E-state index in [9.17, 15) is 5.11 Å². The number of hydrogen-bond donors (Lipinski definition) is 1. The topological polar surface area (TPSA) is 38.7 Å². The molecule has 1 N–H and O–H groups in total. The van der Waals surface area contributed by atoms with Crippen molar-refractivity contribution in [1.29, 1.82) is 0 Å². The zero-order valence-corrected chi connectivity index (χ0v) is 10.2. The molecule has 1 aliphatic rings. The predicted molar refractivity (Wildman–Crippen MR) is 60.9 cm³/mol. The van der Waals surface area contributed by atoms with Gasteiger partial charge in [-0.15, -0.1) is 0 Å². The summed E-state index contributed by atoms with van der Waals surface area (Å²) in [5, 5.41) is 9.83. The standard InChI is InChI=1S/C7H17BO3P2/c1-3-4-5(9)6(11-13-12)7(8-2)10-4/h4-9,13H,3,12H2,1-2H3/t4-,5+,6?,7-/m1/s1. The highest BCUT2D eigenvalue weighted by Crippen LogP contribution is 2.33. The van der Waals surface area contributed by atoms with Gasteiger partial charge in [-0.25, -0.2) is 0 Å². The van der Waals surface area contributed by atoms with Gasteiger partial charge in [0.05, 0.1) is 12.1 Å². The Morgan fingerprint density at radius 2 is 2.38 bits per heavy atom. The van der Waals surface area contributed by atoms with E-state index >= 15 is 0 Å². The van der Waals surface area contributed by atoms with Gasteiger partial charge in [-0.3, -0.25) is 0 Å². The van der Waals surface area contributed by atoms with Crippen molar-refractivity contribution in [3.05, 3.63) is 0 Å². The molecule has 1 heterocycles. The Morgan fingerprint density at radius 3 is 2.85 bits per heavy atom. The minimum absolute atomic E-state index is 0.0451. The van der Waals surface area contributed by atoms with E-state index in [0.29, 0.717) is 8.50 Å². The first-order chi connectivity index (χ1) is 6.24. The summed E-state index contributed by atoms with van der Waals surface area (Å²) in [6.07, 6.45) is 0.211. The summed E-state index contributed by atoms with van der Waals surface area (Å²) in [6, 6.07) is 0.0630. The molecule has 0 bridgehead atoms. The van der Waals surface area contributed by atoms with Crippen molar-refractivity contribution in [3.8, 4) is 0 Å². The number of hydrogen-bond acceptors (Lipinski definition) is 3. The van der Waals surface area contributed by atoms with Crippen LogP contribution in [-0.2, 0) is 9.26 Å². The lowest BCUT2D eigenvalue weighted by Crippen LogP contribution is -2.35. The maximum Gasteiger partial charge on any atom is 0.158 e. The van der Waals surface area contributed by atoms with Crippen molar-refractivity contribution in [1.82, 2.24) is 0 Å². The second kappa shape index (κ2) is 5.63. The average Bonchev–Trinajstić information content (AvgIpc) is 2.45. The average molecular weight is 222 g/mol. The van der Waals surface area contributed by atoms with Gasteiger partial charge in [0.2, 0.25) is 0 Å². The molecule has 0 radical (unpaired) electrons. The molecule has 6 atom stereocenters. The van der Waals surface area contributed by atoms with Gasteiger partial charge in [0.15, 0.2) is 7.28 Å². The van der Waals surface area contributed by atoms with Crippen LogP contribution in [0.5, 0.6) is 0 Å². The van der Waals surface area contributed by atoms with Crippen LogP contribution in [0.15, 0.2) is 0 Å². The Balaban J connectivity index is 2.56. The normalized spacial score (nSPS) is 40.3. The zero-order chi connectivity index (χ0) is 9.84. The van der Waals surface area contributed by atoms with Gasteiger partial charge in [0.1, 0.15) is 12.2 Å². The minimum atomic E-state index is -0.456. The zero-order valence-electron chi connectivity index (χ0n) is 8.06. The molecule has 0 aromatic rings. The van der Waals surface area contributed by atoms with Gasteiger partial charge in [0, 0.05) is 8.50 Å². The summed E-state index contributed by atoms with van der Waals surface area (Å²) in [5.74, 6) is 0. The number of ether oxygens (including phenoxy) is 1. The van der Waals surface area contributed by atoms with Crippen LogP contribution in [0.4, 0.5) is 0 Å². The highest BCUT2D eigenvalue weighted by molar-refractivity contribution is 8.00. The molecule has 0 aliphatic carbocycles. The molecule has 0 amide bonds. The van der Waals surface area contributed by atoms with E-state index in [1.807, 2.05) is 6.92 Å². The third-order valence-corrected chi connectivity index (χ3v) is 3.26. The molecule has 1 saturated heterocycles. The van der Waals surface area contributed by atoms with Crippen LogP contribution in [0.2, 0.25) is 6.82 Å². The van der Waals surface area contributed by atoms with E-state index in [1.165, 1.54) is 0 Å². The Bertz CT molecular complexity index is 159. The van der Waals surface area contributed by atoms with E-state index in [2.05, 4.69) is 15.8 Å². The van der Waals surface area contributed by atoms with E-state index in [-0.39, 0.29) is 18.2 Å². The molecule has 0 aromatic carbocycles. The Kier molecular flexibility index (Phi) is 5.14. The number of aliphatic hydroxyl groups is 1. The third-order valence-electron chi connectivity index (χ3n) is 2.44. The summed E-state index contributed by atoms with van der Waals surface area (Å²) in [4.78, 5) is 0. The first-order valence-corrected chi connectivity index (χ1v) is 7.41. The molecule has 1 fully saturated rings. The third kappa shape index (κ3) is 2.64. The van der Waals surface area contributed by atoms with Crippen molar-refractivity contribution in [2.24, 2.45) is 0 Å². The molecule has 3 nitrogen and oxygen atoms in total. The van der Waals surface area contributed by atoms with Crippen LogP contribution in [0.1, 0.15) is 13.3 Å². The fourth-order valence-electron chi connectivity index (χ4n) is 1.70. The van der Waals surface area contributed by atoms with Gasteiger partial charge in [0.25, 0.3) is 0 Å². The second-order valence-electron chi connectivity index (χ2n) is 3.22. The van der Waals surface area contributed by atoms with Gasteiger partial charge in [-0.1, -0.05) is 22.7 Å². The molecule has 0 aromatic heterocycles. The van der Waals surface area contributed by atoms with Gasteiger partial charge in [-0.05, 0) is 6.42 Å². The molecule has 76 valence electrons. The highest BCUT2D eigenvalue weighted by Gasteiger charge is 2.42. The van der Waals surface area contributed by atoms with Crippen LogP contribution in [-0.4, -0.2) is 36.7 Å². The van der Waals surface area contributed by atoms with E-state index in [4.69, 9.17) is 9.26 Å². The minimum Gasteiger partial charge on any atom is -0.388 e. The van der Waals surface area contributed by atoms with Crippen LogP contribution >= 0.6 is 17.4 Å². The molecule has 6 heteroatoms. The van der Waals surface area contributed by atoms with Gasteiger partial charge < -0.3 is 14.4 Å². The van der Waals surface area contributed by atoms with Crippen molar-refractivity contribution < 1.29 is 14.4 Å². The maximum absolute atomic E-state index is 9.83. The second-order valence-corrected chi connectivity index (χ2v) is 4.40. The van der Waals surface area contributed by atoms with Crippen LogP contribution in [0.3, 0.4) is 0 Å². The molecule has 3 unspecified atom stereocenters. The Hall–Kier alpha value is 0.805. The van der Waals surface area contributed by atoms with Gasteiger partial charge >= 0.3 is 0 Å². The molecule has 13 heavy (non-hydrogen) atoms. The van der Waals surface area contributed by atoms with Crippen LogP contribution in [0, 0.1) is 0 Å². The quantitative estimate of drug-likeness (QED) is 0.563. The summed E-state index contributed by atoms with van der Waals surface area (Å²) in [7, 11) is 3.76. The van der Waals surface area contributed by atoms with E-state index in [0.717, 1.165) is 13.7 Å². The Morgan fingerprint density at radius 1 is 1.69 bits per heavy atom. The lowest BCUT2D eigenvalue weighted by atomic mass is 9.72. The van der Waals surface area contributed by atoms with Crippen molar-refractivity contribution in [2.45, 2.75) is 44.5 Å². The molecule has 1 aliphatic heterocycles. The van der Waals surface area contributed by atoms with Crippen molar-refractivity contribution in [3.63, 3.8) is 0 Å². The molecular formula is C7H17BO3P2. The molecule has 1 rings (SSSR count). The summed E-state index contributed by atoms with van der Waals surface area (Å²) in [6.45, 7) is 4.07. The monoisotopic (exact) mass is 222 g/mol. The fraction of sp³-hybridized carbons (Fsp3) is 1.00. The number of rotatable bonds is 4. The summed E-state index contributed by atoms with van der Waals surface area (Å²) >= 11 is 0. The molecular weight excluding hydrogens is 205 g/mol. The lowest BCUT2D eigenvalue weighted by molar-refractivity contribution is 0.0258. The van der Waals surface area contributed by atoms with Crippen molar-refractivity contribution >= 4 is 24.7 Å². The maximum atomic E-state index is 9.83. The molecule has 0 spiro atoms. The largest absolute Gasteiger partial charge is 0.388 e. The smallest absolute Gasteiger partial charge is 0.158 e. The summed E-state index contributed by atoms with van der Waals surface area (Å²) in [5.41, 5.74) is 0. The highest BCUT2D eigenvalue weighted by atomic mass is 32.0. The van der Waals surface area contributed by atoms with Gasteiger partial charge in [-0.2, -0.15) is 0 Å². The summed E-state index contributed by atoms with van der Waals surface area (Å²) < 4.78 is 11.1. The van der Waals surface area contributed by atoms with Crippen LogP contribution in [0.25, 0.3) is 0 Å². The Labute approximate surface area is 84.2 Å². The predicted octanol–water partition coefficient (Wildman–Crippen LogP) is 0.736. The molecule has 0 saturated carbocycles. The van der Waals surface area contributed by atoms with E-state index in [1.54, 1.807) is 0 Å². The van der Waals surface area contributed by atoms with Crippen LogP contribution < -0.4 is 0 Å². The van der Waals surface area contributed by atoms with E-state index < -0.39 is 6.10 Å². The first-order valence-electron chi connectivity index (χ1n) is 4.69. The SMILES string of the molecule is CB[C@@H]1O[C@H](CC)[C@H](O)C1OPP. The lowest BCUT2D eigenvalue weighted by Gasteiger charge is -2.18. The fourth-order valence-corrected chi connectivity index (χ4v) is 2.62. The number of aliphatic hydroxyl groups excluding tert-OH is 1. The van der Waals surface area contributed by atoms with Crippen molar-refractivity contribution in [2.75, 3.05) is 0 Å².